The van der Waals surface area contributed by atoms with Crippen LogP contribution in [0.25, 0.3) is 0 Å². The van der Waals surface area contributed by atoms with Crippen molar-refractivity contribution in [3.05, 3.63) is 70.8 Å². The van der Waals surface area contributed by atoms with Crippen LogP contribution in [0.5, 0.6) is 0 Å². The average Bonchev–Trinajstić information content (AvgIpc) is 2.82. The molecule has 0 saturated heterocycles. The fourth-order valence-electron chi connectivity index (χ4n) is 2.18. The molecule has 0 saturated carbocycles. The summed E-state index contributed by atoms with van der Waals surface area (Å²) in [5.74, 6) is 0. The van der Waals surface area contributed by atoms with Crippen LogP contribution in [0.15, 0.2) is 65.3 Å². The number of benzene rings is 1. The molecule has 0 N–H and O–H groups in total. The van der Waals surface area contributed by atoms with Gasteiger partial charge < -0.3 is 0 Å². The van der Waals surface area contributed by atoms with Gasteiger partial charge in [0.05, 0.1) is 16.9 Å². The van der Waals surface area contributed by atoms with Crippen molar-refractivity contribution >= 4 is 23.6 Å². The van der Waals surface area contributed by atoms with E-state index in [-0.39, 0.29) is 4.91 Å². The van der Waals surface area contributed by atoms with Gasteiger partial charge in [0.2, 0.25) is 0 Å². The number of rotatable bonds is 6. The standard InChI is InChI=1S/C18H22NO2PS/c1-4-16-11-13-17(14-12-16)19(15-22(2)3)23(20,21)18-9-7-5-6-8-10-18/h5-7,9-14H,4,15H2,1-3H3. The SMILES string of the molecule is CCc1ccc(N(CP(C)C)S(=O)(=O)C2=CC=CC=C=C2)cc1. The van der Waals surface area contributed by atoms with E-state index in [1.54, 1.807) is 24.3 Å². The molecule has 0 aromatic heterocycles. The molecule has 2 rings (SSSR count). The summed E-state index contributed by atoms with van der Waals surface area (Å²) in [6, 6.07) is 7.76. The molecule has 1 aromatic carbocycles. The zero-order valence-corrected chi connectivity index (χ0v) is 15.4. The Morgan fingerprint density at radius 3 is 2.43 bits per heavy atom. The smallest absolute Gasteiger partial charge is 0.262 e. The van der Waals surface area contributed by atoms with Gasteiger partial charge in [-0.25, -0.2) is 8.42 Å². The van der Waals surface area contributed by atoms with E-state index in [0.29, 0.717) is 12.0 Å². The molecular weight excluding hydrogens is 325 g/mol. The normalized spacial score (nSPS) is 14.0. The van der Waals surface area contributed by atoms with E-state index in [1.807, 2.05) is 24.3 Å². The lowest BCUT2D eigenvalue weighted by atomic mass is 10.1. The Hall–Kier alpha value is -1.60. The highest BCUT2D eigenvalue weighted by molar-refractivity contribution is 7.97. The number of hydrogen-bond donors (Lipinski definition) is 0. The fraction of sp³-hybridized carbons (Fsp3) is 0.278. The molecule has 0 bridgehead atoms. The van der Waals surface area contributed by atoms with Gasteiger partial charge in [-0.05, 0) is 49.6 Å². The van der Waals surface area contributed by atoms with Crippen LogP contribution in [0, 0.1) is 0 Å². The third-order valence-electron chi connectivity index (χ3n) is 3.42. The molecule has 23 heavy (non-hydrogen) atoms. The summed E-state index contributed by atoms with van der Waals surface area (Å²) in [6.07, 6.45) is 9.77. The average molecular weight is 347 g/mol. The van der Waals surface area contributed by atoms with Crippen LogP contribution in [0.1, 0.15) is 12.5 Å². The maximum absolute atomic E-state index is 13.1. The number of nitrogens with zero attached hydrogens (tertiary/aromatic N) is 1. The first kappa shape index (κ1) is 17.7. The van der Waals surface area contributed by atoms with Gasteiger partial charge in [-0.2, -0.15) is 0 Å². The van der Waals surface area contributed by atoms with E-state index < -0.39 is 17.9 Å². The van der Waals surface area contributed by atoms with E-state index in [2.05, 4.69) is 26.0 Å². The summed E-state index contributed by atoms with van der Waals surface area (Å²) in [7, 11) is -4.00. The molecule has 0 fully saturated rings. The van der Waals surface area contributed by atoms with Crippen molar-refractivity contribution in [3.8, 4) is 0 Å². The van der Waals surface area contributed by atoms with Crippen LogP contribution >= 0.6 is 7.92 Å². The van der Waals surface area contributed by atoms with Crippen LogP contribution in [-0.2, 0) is 16.4 Å². The quantitative estimate of drug-likeness (QED) is 0.570. The van der Waals surface area contributed by atoms with E-state index in [9.17, 15) is 8.42 Å². The van der Waals surface area contributed by atoms with E-state index in [0.717, 1.165) is 6.42 Å². The van der Waals surface area contributed by atoms with Crippen LogP contribution in [0.3, 0.4) is 0 Å². The highest BCUT2D eigenvalue weighted by Gasteiger charge is 2.26. The molecule has 1 aliphatic carbocycles. The molecule has 0 radical (unpaired) electrons. The summed E-state index contributed by atoms with van der Waals surface area (Å²) in [4.78, 5) is 0.263. The van der Waals surface area contributed by atoms with Crippen LogP contribution in [0.4, 0.5) is 5.69 Å². The number of sulfonamides is 1. The van der Waals surface area contributed by atoms with Gasteiger partial charge in [0.1, 0.15) is 0 Å². The second-order valence-corrected chi connectivity index (χ2v) is 9.83. The van der Waals surface area contributed by atoms with Gasteiger partial charge in [0.25, 0.3) is 10.0 Å². The highest BCUT2D eigenvalue weighted by atomic mass is 32.2. The molecule has 0 spiro atoms. The summed E-state index contributed by atoms with van der Waals surface area (Å²) < 4.78 is 27.7. The Labute approximate surface area is 140 Å². The maximum Gasteiger partial charge on any atom is 0.265 e. The first-order valence-corrected chi connectivity index (χ1v) is 11.4. The Morgan fingerprint density at radius 1 is 1.13 bits per heavy atom. The predicted octanol–water partition coefficient (Wildman–Crippen LogP) is 4.25. The highest BCUT2D eigenvalue weighted by Crippen LogP contribution is 2.33. The monoisotopic (exact) mass is 347 g/mol. The Bertz CT molecular complexity index is 768. The molecule has 0 atom stereocenters. The van der Waals surface area contributed by atoms with Crippen molar-refractivity contribution in [2.45, 2.75) is 13.3 Å². The lowest BCUT2D eigenvalue weighted by Gasteiger charge is -2.26. The molecule has 1 aliphatic rings. The molecule has 5 heteroatoms. The predicted molar refractivity (Wildman–Crippen MR) is 101 cm³/mol. The number of allylic oxidation sites excluding steroid dienone is 4. The van der Waals surface area contributed by atoms with E-state index in [1.165, 1.54) is 15.9 Å². The van der Waals surface area contributed by atoms with Crippen molar-refractivity contribution in [1.82, 2.24) is 0 Å². The third kappa shape index (κ3) is 4.45. The molecule has 0 unspecified atom stereocenters. The third-order valence-corrected chi connectivity index (χ3v) is 6.23. The van der Waals surface area contributed by atoms with Gasteiger partial charge in [-0.1, -0.05) is 39.1 Å². The fourth-order valence-corrected chi connectivity index (χ4v) is 5.28. The lowest BCUT2D eigenvalue weighted by molar-refractivity contribution is 0.600. The maximum atomic E-state index is 13.1. The van der Waals surface area contributed by atoms with Gasteiger partial charge in [0.15, 0.2) is 0 Å². The van der Waals surface area contributed by atoms with Crippen molar-refractivity contribution in [2.75, 3.05) is 23.9 Å². The zero-order valence-electron chi connectivity index (χ0n) is 13.7. The molecular formula is C18H22NO2PS. The van der Waals surface area contributed by atoms with Crippen LogP contribution in [-0.4, -0.2) is 28.0 Å². The van der Waals surface area contributed by atoms with Crippen molar-refractivity contribution in [3.63, 3.8) is 0 Å². The zero-order chi connectivity index (χ0) is 16.9. The molecule has 0 aliphatic heterocycles. The van der Waals surface area contributed by atoms with Gasteiger partial charge in [-0.15, -0.1) is 5.73 Å². The Morgan fingerprint density at radius 2 is 1.83 bits per heavy atom. The first-order chi connectivity index (χ1) is 10.9. The topological polar surface area (TPSA) is 37.4 Å². The molecule has 0 heterocycles. The van der Waals surface area contributed by atoms with E-state index >= 15 is 0 Å². The van der Waals surface area contributed by atoms with Gasteiger partial charge in [0, 0.05) is 6.08 Å². The second-order valence-electron chi connectivity index (χ2n) is 5.53. The molecule has 1 aromatic rings. The number of aryl methyl sites for hydroxylation is 1. The molecule has 3 nitrogen and oxygen atoms in total. The largest absolute Gasteiger partial charge is 0.265 e. The Balaban J connectivity index is 2.46. The summed E-state index contributed by atoms with van der Waals surface area (Å²) in [6.45, 7) is 6.24. The van der Waals surface area contributed by atoms with Crippen molar-refractivity contribution < 1.29 is 8.42 Å². The van der Waals surface area contributed by atoms with Crippen LogP contribution < -0.4 is 4.31 Å². The second kappa shape index (κ2) is 7.79. The van der Waals surface area contributed by atoms with Crippen LogP contribution in [0.2, 0.25) is 0 Å². The van der Waals surface area contributed by atoms with Crippen molar-refractivity contribution in [1.29, 1.82) is 0 Å². The van der Waals surface area contributed by atoms with Gasteiger partial charge in [-0.3, -0.25) is 4.31 Å². The number of anilines is 1. The minimum atomic E-state index is -3.59. The minimum Gasteiger partial charge on any atom is -0.262 e. The van der Waals surface area contributed by atoms with E-state index in [4.69, 9.17) is 0 Å². The minimum absolute atomic E-state index is 0.263. The summed E-state index contributed by atoms with van der Waals surface area (Å²) >= 11 is 0. The summed E-state index contributed by atoms with van der Waals surface area (Å²) in [5, 5.41) is 0. The first-order valence-electron chi connectivity index (χ1n) is 7.51. The Kier molecular flexibility index (Phi) is 6.01. The van der Waals surface area contributed by atoms with Gasteiger partial charge >= 0.3 is 0 Å². The van der Waals surface area contributed by atoms with Crippen molar-refractivity contribution in [2.24, 2.45) is 0 Å². The number of hydrogen-bond acceptors (Lipinski definition) is 2. The molecule has 122 valence electrons. The molecule has 0 amide bonds. The summed E-state index contributed by atoms with van der Waals surface area (Å²) in [5.41, 5.74) is 4.78. The lowest BCUT2D eigenvalue weighted by Crippen LogP contribution is -2.31.